The normalized spacial score (nSPS) is 15.1. The van der Waals surface area contributed by atoms with Crippen LogP contribution in [0.5, 0.6) is 11.5 Å². The number of amides is 1. The van der Waals surface area contributed by atoms with Crippen LogP contribution in [-0.2, 0) is 20.7 Å². The largest absolute Gasteiger partial charge is 0.497 e. The minimum atomic E-state index is -0.259. The number of nitrogens with zero attached hydrogens (tertiary/aromatic N) is 3. The molecular formula is C33H37N3O5. The number of fused-ring (bicyclic) bond motifs is 1. The summed E-state index contributed by atoms with van der Waals surface area (Å²) in [5, 5.41) is 0. The number of esters is 1. The summed E-state index contributed by atoms with van der Waals surface area (Å²) < 4.78 is 18.5. The molecule has 1 aliphatic heterocycles. The van der Waals surface area contributed by atoms with Gasteiger partial charge in [0, 0.05) is 31.3 Å². The van der Waals surface area contributed by atoms with E-state index in [9.17, 15) is 9.59 Å². The van der Waals surface area contributed by atoms with E-state index in [1.54, 1.807) is 14.0 Å². The quantitative estimate of drug-likeness (QED) is 0.230. The molecule has 1 atom stereocenters. The van der Waals surface area contributed by atoms with Crippen LogP contribution in [0.15, 0.2) is 66.9 Å². The molecule has 8 heteroatoms. The molecule has 0 aliphatic carbocycles. The molecule has 5 rings (SSSR count). The first-order valence-electron chi connectivity index (χ1n) is 14.3. The summed E-state index contributed by atoms with van der Waals surface area (Å²) >= 11 is 0. The van der Waals surface area contributed by atoms with Crippen LogP contribution in [0.4, 0.5) is 0 Å². The summed E-state index contributed by atoms with van der Waals surface area (Å²) in [6, 6.07) is 19.9. The topological polar surface area (TPSA) is 82.4 Å². The molecule has 4 aromatic rings. The zero-order chi connectivity index (χ0) is 28.8. The predicted molar refractivity (Wildman–Crippen MR) is 158 cm³/mol. The zero-order valence-electron chi connectivity index (χ0n) is 24.0. The van der Waals surface area contributed by atoms with Crippen molar-refractivity contribution in [1.29, 1.82) is 0 Å². The van der Waals surface area contributed by atoms with Gasteiger partial charge in [0.05, 0.1) is 37.6 Å². The fraction of sp³-hybridized carbons (Fsp3) is 0.364. The second-order valence-corrected chi connectivity index (χ2v) is 10.2. The van der Waals surface area contributed by atoms with Gasteiger partial charge < -0.3 is 23.5 Å². The lowest BCUT2D eigenvalue weighted by molar-refractivity contribution is -0.151. The number of piperidine rings is 1. The Balaban J connectivity index is 1.47. The predicted octanol–water partition coefficient (Wildman–Crippen LogP) is 5.81. The molecule has 0 radical (unpaired) electrons. The highest BCUT2D eigenvalue weighted by atomic mass is 16.5. The number of hydrogen-bond donors (Lipinski definition) is 0. The van der Waals surface area contributed by atoms with Gasteiger partial charge in [-0.05, 0) is 80.6 Å². The first-order valence-corrected chi connectivity index (χ1v) is 14.3. The molecule has 1 amide bonds. The van der Waals surface area contributed by atoms with Crippen molar-refractivity contribution in [1.82, 2.24) is 14.3 Å². The third kappa shape index (κ3) is 6.37. The van der Waals surface area contributed by atoms with Gasteiger partial charge in [0.2, 0.25) is 5.91 Å². The number of imidazole rings is 1. The number of aromatic nitrogens is 2. The number of carbonyl (C=O) groups is 2. The molecular weight excluding hydrogens is 518 g/mol. The fourth-order valence-corrected chi connectivity index (χ4v) is 5.48. The lowest BCUT2D eigenvalue weighted by Gasteiger charge is -2.31. The van der Waals surface area contributed by atoms with Gasteiger partial charge in [0.15, 0.2) is 0 Å². The van der Waals surface area contributed by atoms with Gasteiger partial charge in [-0.15, -0.1) is 0 Å². The van der Waals surface area contributed by atoms with Crippen molar-refractivity contribution >= 4 is 17.5 Å². The van der Waals surface area contributed by atoms with E-state index in [-0.39, 0.29) is 17.8 Å². The SMILES string of the molecule is CCOC(=O)[C@@H]1CCCN(C(=O)CCc2c(-c3cccc(OC)c3)nc3ccc(-c4cccc(OCC)c4)cn23)C1. The lowest BCUT2D eigenvalue weighted by Crippen LogP contribution is -2.42. The van der Waals surface area contributed by atoms with Gasteiger partial charge in [-0.25, -0.2) is 4.98 Å². The van der Waals surface area contributed by atoms with Crippen LogP contribution in [0, 0.1) is 5.92 Å². The van der Waals surface area contributed by atoms with Crippen LogP contribution >= 0.6 is 0 Å². The van der Waals surface area contributed by atoms with Gasteiger partial charge in [-0.2, -0.15) is 0 Å². The third-order valence-electron chi connectivity index (χ3n) is 7.51. The van der Waals surface area contributed by atoms with E-state index in [0.717, 1.165) is 58.1 Å². The number of pyridine rings is 1. The Morgan fingerprint density at radius 1 is 0.951 bits per heavy atom. The average molecular weight is 556 g/mol. The van der Waals surface area contributed by atoms with Crippen LogP contribution in [0.25, 0.3) is 28.0 Å². The van der Waals surface area contributed by atoms with E-state index < -0.39 is 0 Å². The Labute approximate surface area is 240 Å². The summed E-state index contributed by atoms with van der Waals surface area (Å²) in [5.74, 6) is 1.12. The van der Waals surface area contributed by atoms with Gasteiger partial charge in [-0.3, -0.25) is 9.59 Å². The number of hydrogen-bond acceptors (Lipinski definition) is 6. The molecule has 0 spiro atoms. The third-order valence-corrected chi connectivity index (χ3v) is 7.51. The monoisotopic (exact) mass is 555 g/mol. The van der Waals surface area contributed by atoms with Gasteiger partial charge >= 0.3 is 5.97 Å². The molecule has 214 valence electrons. The molecule has 0 bridgehead atoms. The van der Waals surface area contributed by atoms with E-state index in [0.29, 0.717) is 39.1 Å². The minimum absolute atomic E-state index is 0.0334. The molecule has 2 aromatic carbocycles. The second kappa shape index (κ2) is 12.9. The molecule has 3 heterocycles. The van der Waals surface area contributed by atoms with E-state index in [4.69, 9.17) is 19.2 Å². The summed E-state index contributed by atoms with van der Waals surface area (Å²) in [6.07, 6.45) is 4.43. The number of methoxy groups -OCH3 is 1. The van der Waals surface area contributed by atoms with Crippen LogP contribution in [0.1, 0.15) is 38.8 Å². The maximum Gasteiger partial charge on any atom is 0.310 e. The maximum atomic E-state index is 13.4. The maximum absolute atomic E-state index is 13.4. The highest BCUT2D eigenvalue weighted by molar-refractivity contribution is 5.79. The Kier molecular flexibility index (Phi) is 8.87. The molecule has 8 nitrogen and oxygen atoms in total. The van der Waals surface area contributed by atoms with E-state index in [2.05, 4.69) is 22.7 Å². The van der Waals surface area contributed by atoms with Crippen molar-refractivity contribution in [2.75, 3.05) is 33.4 Å². The molecule has 0 saturated carbocycles. The van der Waals surface area contributed by atoms with E-state index in [1.165, 1.54) is 0 Å². The van der Waals surface area contributed by atoms with Gasteiger partial charge in [0.25, 0.3) is 0 Å². The molecule has 0 N–H and O–H groups in total. The summed E-state index contributed by atoms with van der Waals surface area (Å²) in [7, 11) is 1.65. The first kappa shape index (κ1) is 28.2. The summed E-state index contributed by atoms with van der Waals surface area (Å²) in [6.45, 7) is 5.80. The Morgan fingerprint density at radius 2 is 1.73 bits per heavy atom. The van der Waals surface area contributed by atoms with Gasteiger partial charge in [0.1, 0.15) is 17.1 Å². The molecule has 2 aromatic heterocycles. The van der Waals surface area contributed by atoms with Crippen molar-refractivity contribution in [3.05, 3.63) is 72.6 Å². The highest BCUT2D eigenvalue weighted by Gasteiger charge is 2.29. The summed E-state index contributed by atoms with van der Waals surface area (Å²) in [4.78, 5) is 32.5. The van der Waals surface area contributed by atoms with E-state index in [1.807, 2.05) is 60.4 Å². The summed E-state index contributed by atoms with van der Waals surface area (Å²) in [5.41, 5.74) is 5.55. The van der Waals surface area contributed by atoms with Crippen LogP contribution in [-0.4, -0.2) is 59.6 Å². The highest BCUT2D eigenvalue weighted by Crippen LogP contribution is 2.31. The van der Waals surface area contributed by atoms with Crippen LogP contribution in [0.2, 0.25) is 0 Å². The first-order chi connectivity index (χ1) is 20.0. The second-order valence-electron chi connectivity index (χ2n) is 10.2. The Bertz CT molecular complexity index is 1530. The van der Waals surface area contributed by atoms with Gasteiger partial charge in [-0.1, -0.05) is 24.3 Å². The molecule has 1 fully saturated rings. The average Bonchev–Trinajstić information content (AvgIpc) is 3.38. The number of carbonyl (C=O) groups excluding carboxylic acids is 2. The van der Waals surface area contributed by atoms with Crippen molar-refractivity contribution in [3.8, 4) is 33.9 Å². The molecule has 0 unspecified atom stereocenters. The fourth-order valence-electron chi connectivity index (χ4n) is 5.48. The van der Waals surface area contributed by atoms with Crippen molar-refractivity contribution in [2.45, 2.75) is 39.5 Å². The lowest BCUT2D eigenvalue weighted by atomic mass is 9.97. The van der Waals surface area contributed by atoms with Crippen LogP contribution in [0.3, 0.4) is 0 Å². The van der Waals surface area contributed by atoms with Crippen LogP contribution < -0.4 is 9.47 Å². The smallest absolute Gasteiger partial charge is 0.310 e. The minimum Gasteiger partial charge on any atom is -0.497 e. The number of likely N-dealkylation sites (tertiary alicyclic amines) is 1. The zero-order valence-corrected chi connectivity index (χ0v) is 24.0. The van der Waals surface area contributed by atoms with Crippen molar-refractivity contribution in [2.24, 2.45) is 5.92 Å². The number of rotatable bonds is 10. The van der Waals surface area contributed by atoms with Crippen molar-refractivity contribution in [3.63, 3.8) is 0 Å². The Hall–Kier alpha value is -4.33. The number of aryl methyl sites for hydroxylation is 1. The molecule has 1 aliphatic rings. The van der Waals surface area contributed by atoms with Crippen molar-refractivity contribution < 1.29 is 23.8 Å². The molecule has 1 saturated heterocycles. The number of ether oxygens (including phenoxy) is 3. The van der Waals surface area contributed by atoms with E-state index >= 15 is 0 Å². The Morgan fingerprint density at radius 3 is 2.51 bits per heavy atom. The number of benzene rings is 2. The standard InChI is InChI=1S/C33H37N3O5/c1-4-40-28-13-6-9-23(19-28)25-14-16-30-34-32(24-10-7-12-27(20-24)39-3)29(36(30)22-25)15-17-31(37)35-18-8-11-26(21-35)33(38)41-5-2/h6-7,9-10,12-14,16,19-20,22,26H,4-5,8,11,15,17-18,21H2,1-3H3/t26-/m1/s1. The molecule has 41 heavy (non-hydrogen) atoms.